The summed E-state index contributed by atoms with van der Waals surface area (Å²) in [4.78, 5) is 12.3. The SMILES string of the molecule is CCCC/C=C\CCCCC(O)CC(=O)NC(CO)C(O)/C=C/CCCCCCCCCCCCCCCCCCCC. The van der Waals surface area contributed by atoms with Gasteiger partial charge < -0.3 is 20.6 Å². The number of allylic oxidation sites excluding steroid dienone is 3. The smallest absolute Gasteiger partial charge is 0.222 e. The summed E-state index contributed by atoms with van der Waals surface area (Å²) in [5.41, 5.74) is 0. The number of aliphatic hydroxyl groups excluding tert-OH is 3. The predicted octanol–water partition coefficient (Wildman–Crippen LogP) is 9.87. The van der Waals surface area contributed by atoms with Gasteiger partial charge in [0.25, 0.3) is 0 Å². The molecular formula is C38H73NO4. The van der Waals surface area contributed by atoms with E-state index in [4.69, 9.17) is 0 Å². The molecule has 0 aliphatic heterocycles. The molecule has 5 nitrogen and oxygen atoms in total. The molecule has 0 spiro atoms. The molecule has 4 N–H and O–H groups in total. The van der Waals surface area contributed by atoms with Crippen LogP contribution in [0.25, 0.3) is 0 Å². The molecule has 5 heteroatoms. The number of rotatable bonds is 33. The summed E-state index contributed by atoms with van der Waals surface area (Å²) in [6.45, 7) is 4.13. The molecule has 0 aromatic heterocycles. The van der Waals surface area contributed by atoms with Gasteiger partial charge in [-0.3, -0.25) is 4.79 Å². The number of carbonyl (C=O) groups excluding carboxylic acids is 1. The van der Waals surface area contributed by atoms with Gasteiger partial charge in [0, 0.05) is 0 Å². The Bertz CT molecular complexity index is 635. The molecule has 0 aromatic rings. The second-order valence-corrected chi connectivity index (χ2v) is 12.8. The third kappa shape index (κ3) is 30.6. The number of carbonyl (C=O) groups is 1. The van der Waals surface area contributed by atoms with Gasteiger partial charge in [0.1, 0.15) is 0 Å². The van der Waals surface area contributed by atoms with Crippen LogP contribution in [0.4, 0.5) is 0 Å². The average Bonchev–Trinajstić information content (AvgIpc) is 3.00. The Hall–Kier alpha value is -1.17. The molecule has 0 bridgehead atoms. The van der Waals surface area contributed by atoms with Crippen LogP contribution in [-0.2, 0) is 4.79 Å². The van der Waals surface area contributed by atoms with Crippen LogP contribution in [-0.4, -0.2) is 46.1 Å². The summed E-state index contributed by atoms with van der Waals surface area (Å²) in [6.07, 6.45) is 38.9. The Morgan fingerprint density at radius 3 is 1.49 bits per heavy atom. The molecule has 3 atom stereocenters. The van der Waals surface area contributed by atoms with E-state index in [-0.39, 0.29) is 18.9 Å². The van der Waals surface area contributed by atoms with E-state index >= 15 is 0 Å². The maximum Gasteiger partial charge on any atom is 0.222 e. The van der Waals surface area contributed by atoms with Gasteiger partial charge in [0.2, 0.25) is 5.91 Å². The highest BCUT2D eigenvalue weighted by Crippen LogP contribution is 2.15. The van der Waals surface area contributed by atoms with E-state index in [1.54, 1.807) is 6.08 Å². The van der Waals surface area contributed by atoms with Gasteiger partial charge in [-0.15, -0.1) is 0 Å². The fourth-order valence-electron chi connectivity index (χ4n) is 5.55. The first-order valence-electron chi connectivity index (χ1n) is 18.6. The third-order valence-electron chi connectivity index (χ3n) is 8.48. The maximum atomic E-state index is 12.3. The number of unbranched alkanes of at least 4 members (excludes halogenated alkanes) is 22. The standard InChI is InChI=1S/C38H73NO4/c1-3-5-7-9-11-13-14-15-16-17-18-19-20-21-22-23-24-26-28-30-32-37(42)36(34-40)39-38(43)33-35(41)31-29-27-25-12-10-8-6-4-2/h10,12,30,32,35-37,40-42H,3-9,11,13-29,31,33-34H2,1-2H3,(H,39,43)/b12-10-,32-30+. The lowest BCUT2D eigenvalue weighted by Gasteiger charge is -2.21. The highest BCUT2D eigenvalue weighted by atomic mass is 16.3. The molecule has 0 aromatic carbocycles. The van der Waals surface area contributed by atoms with E-state index < -0.39 is 18.2 Å². The molecule has 0 radical (unpaired) electrons. The average molecular weight is 608 g/mol. The van der Waals surface area contributed by atoms with Gasteiger partial charge in [-0.2, -0.15) is 0 Å². The van der Waals surface area contributed by atoms with Gasteiger partial charge in [0.05, 0.1) is 31.3 Å². The number of nitrogens with one attached hydrogen (secondary N) is 1. The molecule has 254 valence electrons. The van der Waals surface area contributed by atoms with Crippen molar-refractivity contribution in [3.8, 4) is 0 Å². The van der Waals surface area contributed by atoms with Crippen LogP contribution in [0.2, 0.25) is 0 Å². The third-order valence-corrected chi connectivity index (χ3v) is 8.48. The lowest BCUT2D eigenvalue weighted by atomic mass is 10.0. The molecule has 0 saturated heterocycles. The summed E-state index contributed by atoms with van der Waals surface area (Å²) in [5, 5.41) is 32.9. The van der Waals surface area contributed by atoms with E-state index in [9.17, 15) is 20.1 Å². The lowest BCUT2D eigenvalue weighted by Crippen LogP contribution is -2.45. The Morgan fingerprint density at radius 1 is 0.581 bits per heavy atom. The van der Waals surface area contributed by atoms with Crippen molar-refractivity contribution in [2.75, 3.05) is 6.61 Å². The molecule has 0 fully saturated rings. The minimum atomic E-state index is -0.930. The van der Waals surface area contributed by atoms with Gasteiger partial charge in [-0.05, 0) is 38.5 Å². The molecule has 0 rings (SSSR count). The van der Waals surface area contributed by atoms with Crippen LogP contribution in [0.1, 0.15) is 187 Å². The van der Waals surface area contributed by atoms with Crippen LogP contribution < -0.4 is 5.32 Å². The quantitative estimate of drug-likeness (QED) is 0.0441. The van der Waals surface area contributed by atoms with Gasteiger partial charge >= 0.3 is 0 Å². The van der Waals surface area contributed by atoms with Crippen molar-refractivity contribution in [2.45, 2.75) is 205 Å². The first kappa shape index (κ1) is 41.8. The predicted molar refractivity (Wildman–Crippen MR) is 185 cm³/mol. The highest BCUT2D eigenvalue weighted by Gasteiger charge is 2.20. The largest absolute Gasteiger partial charge is 0.394 e. The summed E-state index contributed by atoms with van der Waals surface area (Å²) in [6, 6.07) is -0.746. The van der Waals surface area contributed by atoms with Crippen LogP contribution in [0, 0.1) is 0 Å². The van der Waals surface area contributed by atoms with Crippen molar-refractivity contribution in [1.29, 1.82) is 0 Å². The van der Waals surface area contributed by atoms with Crippen molar-refractivity contribution in [1.82, 2.24) is 5.32 Å². The molecule has 0 heterocycles. The van der Waals surface area contributed by atoms with Crippen LogP contribution in [0.15, 0.2) is 24.3 Å². The number of hydrogen-bond acceptors (Lipinski definition) is 4. The molecule has 0 aliphatic carbocycles. The molecule has 0 saturated carbocycles. The van der Waals surface area contributed by atoms with Gasteiger partial charge in [-0.25, -0.2) is 0 Å². The first-order valence-corrected chi connectivity index (χ1v) is 18.6. The van der Waals surface area contributed by atoms with E-state index in [1.165, 1.54) is 122 Å². The minimum Gasteiger partial charge on any atom is -0.394 e. The van der Waals surface area contributed by atoms with Crippen molar-refractivity contribution in [3.05, 3.63) is 24.3 Å². The zero-order chi connectivity index (χ0) is 31.6. The van der Waals surface area contributed by atoms with E-state index in [0.29, 0.717) is 6.42 Å². The highest BCUT2D eigenvalue weighted by molar-refractivity contribution is 5.76. The lowest BCUT2D eigenvalue weighted by molar-refractivity contribution is -0.124. The Morgan fingerprint density at radius 2 is 1.00 bits per heavy atom. The Kier molecular flexibility index (Phi) is 32.8. The second kappa shape index (κ2) is 33.7. The Labute approximate surface area is 267 Å². The fraction of sp³-hybridized carbons (Fsp3) is 0.868. The topological polar surface area (TPSA) is 89.8 Å². The van der Waals surface area contributed by atoms with E-state index in [2.05, 4.69) is 31.3 Å². The number of amides is 1. The molecular weight excluding hydrogens is 534 g/mol. The van der Waals surface area contributed by atoms with Crippen molar-refractivity contribution < 1.29 is 20.1 Å². The van der Waals surface area contributed by atoms with Crippen LogP contribution in [0.3, 0.4) is 0 Å². The van der Waals surface area contributed by atoms with Crippen molar-refractivity contribution >= 4 is 5.91 Å². The van der Waals surface area contributed by atoms with E-state index in [0.717, 1.165) is 38.5 Å². The summed E-state index contributed by atoms with van der Waals surface area (Å²) in [5.74, 6) is -0.332. The minimum absolute atomic E-state index is 0.00141. The van der Waals surface area contributed by atoms with E-state index in [1.807, 2.05) is 6.08 Å². The molecule has 43 heavy (non-hydrogen) atoms. The molecule has 3 unspecified atom stereocenters. The second-order valence-electron chi connectivity index (χ2n) is 12.8. The zero-order valence-corrected chi connectivity index (χ0v) is 28.6. The zero-order valence-electron chi connectivity index (χ0n) is 28.6. The van der Waals surface area contributed by atoms with Gasteiger partial charge in [-0.1, -0.05) is 167 Å². The molecule has 0 aliphatic rings. The van der Waals surface area contributed by atoms with Crippen LogP contribution >= 0.6 is 0 Å². The Balaban J connectivity index is 3.68. The number of aliphatic hydroxyl groups is 3. The normalized spacial score (nSPS) is 14.1. The summed E-state index contributed by atoms with van der Waals surface area (Å²) >= 11 is 0. The maximum absolute atomic E-state index is 12.3. The summed E-state index contributed by atoms with van der Waals surface area (Å²) < 4.78 is 0. The first-order chi connectivity index (χ1) is 21.0. The van der Waals surface area contributed by atoms with Crippen LogP contribution in [0.5, 0.6) is 0 Å². The van der Waals surface area contributed by atoms with Crippen molar-refractivity contribution in [3.63, 3.8) is 0 Å². The van der Waals surface area contributed by atoms with Gasteiger partial charge in [0.15, 0.2) is 0 Å². The monoisotopic (exact) mass is 608 g/mol. The van der Waals surface area contributed by atoms with Crippen molar-refractivity contribution in [2.24, 2.45) is 0 Å². The summed E-state index contributed by atoms with van der Waals surface area (Å²) in [7, 11) is 0. The number of hydrogen-bond donors (Lipinski definition) is 4. The molecule has 1 amide bonds. The fourth-order valence-corrected chi connectivity index (χ4v) is 5.55.